The number of hydrogen-bond acceptors (Lipinski definition) is 3. The van der Waals surface area contributed by atoms with Gasteiger partial charge in [0.15, 0.2) is 0 Å². The third-order valence-electron chi connectivity index (χ3n) is 10.3. The highest BCUT2D eigenvalue weighted by atomic mass is 32.2. The van der Waals surface area contributed by atoms with Gasteiger partial charge in [0.25, 0.3) is 0 Å². The first-order chi connectivity index (χ1) is 22.4. The molecule has 0 spiro atoms. The highest BCUT2D eigenvalue weighted by Gasteiger charge is 2.40. The molecule has 2 fully saturated rings. The van der Waals surface area contributed by atoms with Gasteiger partial charge in [-0.2, -0.15) is 0 Å². The van der Waals surface area contributed by atoms with Crippen molar-refractivity contribution in [1.29, 1.82) is 0 Å². The summed E-state index contributed by atoms with van der Waals surface area (Å²) >= 11 is 0. The van der Waals surface area contributed by atoms with E-state index in [0.29, 0.717) is 11.3 Å². The van der Waals surface area contributed by atoms with Crippen molar-refractivity contribution >= 4 is 24.2 Å². The van der Waals surface area contributed by atoms with E-state index in [9.17, 15) is 4.21 Å². The first-order valence-corrected chi connectivity index (χ1v) is 21.4. The van der Waals surface area contributed by atoms with Crippen LogP contribution in [0.5, 0.6) is 11.5 Å². The van der Waals surface area contributed by atoms with Crippen LogP contribution in [0.3, 0.4) is 0 Å². The van der Waals surface area contributed by atoms with Crippen LogP contribution in [0.15, 0.2) is 30.3 Å². The fraction of sp³-hybridized carbons (Fsp3) is 0.714. The van der Waals surface area contributed by atoms with Gasteiger partial charge in [0, 0.05) is 23.5 Å². The number of ether oxygens (including phenoxy) is 2. The minimum Gasteiger partial charge on any atom is -0.496 e. The Hall–Kier alpha value is -1.42. The molecule has 0 aromatic heterocycles. The second-order valence-electron chi connectivity index (χ2n) is 17.8. The molecule has 0 amide bonds. The molecule has 48 heavy (non-hydrogen) atoms. The number of hydrogen-bond donors (Lipinski definition) is 0. The minimum atomic E-state index is -1.26. The predicted molar refractivity (Wildman–Crippen MR) is 210 cm³/mol. The molecule has 0 radical (unpaired) electrons. The van der Waals surface area contributed by atoms with Crippen LogP contribution in [0.4, 0.5) is 0 Å². The maximum absolute atomic E-state index is 14.6. The molecule has 0 N–H and O–H groups in total. The summed E-state index contributed by atoms with van der Waals surface area (Å²) in [7, 11) is 2.14. The molecule has 0 bridgehead atoms. The van der Waals surface area contributed by atoms with E-state index in [1.54, 1.807) is 0 Å². The lowest BCUT2D eigenvalue weighted by molar-refractivity contribution is 0.244. The zero-order chi connectivity index (χ0) is 35.6. The molecule has 2 saturated carbocycles. The smallest absolute Gasteiger partial charge is 0.127 e. The van der Waals surface area contributed by atoms with Gasteiger partial charge in [0.2, 0.25) is 0 Å². The maximum Gasteiger partial charge on any atom is 0.127 e. The van der Waals surface area contributed by atoms with E-state index in [0.717, 1.165) is 11.5 Å². The molecule has 2 aromatic carbocycles. The molecule has 2 aliphatic carbocycles. The third kappa shape index (κ3) is 9.08. The maximum atomic E-state index is 14.6. The SMILES string of the molecule is COc1c(C(C)(C)C)cc([C@@H](c2cccc(OC(C)C)c2P(C2CCCCC2)C2CCCCC2)N(C)[S@](=O)C(C)(C)C)cc1C(C)(C)C. The summed E-state index contributed by atoms with van der Waals surface area (Å²) in [5, 5.41) is 1.45. The minimum absolute atomic E-state index is 0.0782. The van der Waals surface area contributed by atoms with Gasteiger partial charge in [0.05, 0.1) is 24.0 Å². The quantitative estimate of drug-likeness (QED) is 0.232. The van der Waals surface area contributed by atoms with Gasteiger partial charge in [-0.1, -0.05) is 100 Å². The van der Waals surface area contributed by atoms with Crippen LogP contribution in [0, 0.1) is 0 Å². The van der Waals surface area contributed by atoms with Gasteiger partial charge < -0.3 is 9.47 Å². The van der Waals surface area contributed by atoms with Crippen molar-refractivity contribution in [3.05, 3.63) is 52.6 Å². The zero-order valence-electron chi connectivity index (χ0n) is 32.8. The Balaban J connectivity index is 2.13. The third-order valence-corrected chi connectivity index (χ3v) is 15.7. The van der Waals surface area contributed by atoms with E-state index in [-0.39, 0.29) is 23.0 Å². The fourth-order valence-corrected chi connectivity index (χ4v) is 13.4. The highest BCUT2D eigenvalue weighted by Crippen LogP contribution is 2.58. The van der Waals surface area contributed by atoms with E-state index < -0.39 is 23.7 Å². The van der Waals surface area contributed by atoms with E-state index in [4.69, 9.17) is 9.47 Å². The summed E-state index contributed by atoms with van der Waals surface area (Å²) in [5.41, 5.74) is 6.01. The van der Waals surface area contributed by atoms with Crippen LogP contribution in [-0.4, -0.2) is 44.8 Å². The van der Waals surface area contributed by atoms with Gasteiger partial charge in [-0.25, -0.2) is 8.51 Å². The van der Waals surface area contributed by atoms with Crippen molar-refractivity contribution in [2.75, 3.05) is 14.2 Å². The summed E-state index contributed by atoms with van der Waals surface area (Å²) in [4.78, 5) is 0. The van der Waals surface area contributed by atoms with Crippen molar-refractivity contribution in [2.24, 2.45) is 0 Å². The normalized spacial score (nSPS) is 18.8. The second kappa shape index (κ2) is 15.9. The zero-order valence-corrected chi connectivity index (χ0v) is 34.5. The second-order valence-corrected chi connectivity index (χ2v) is 22.8. The molecular weight excluding hydrogens is 630 g/mol. The number of nitrogens with zero attached hydrogens (tertiary/aromatic N) is 1. The summed E-state index contributed by atoms with van der Waals surface area (Å²) < 4.78 is 29.4. The number of rotatable bonds is 10. The predicted octanol–water partition coefficient (Wildman–Crippen LogP) is 11.3. The Morgan fingerprint density at radius 2 is 1.27 bits per heavy atom. The lowest BCUT2D eigenvalue weighted by Gasteiger charge is -2.42. The van der Waals surface area contributed by atoms with Gasteiger partial charge in [-0.15, -0.1) is 0 Å². The van der Waals surface area contributed by atoms with E-state index >= 15 is 0 Å². The van der Waals surface area contributed by atoms with Crippen molar-refractivity contribution in [2.45, 2.75) is 179 Å². The van der Waals surface area contributed by atoms with Crippen LogP contribution in [-0.2, 0) is 21.8 Å². The molecule has 270 valence electrons. The number of benzene rings is 2. The highest BCUT2D eigenvalue weighted by molar-refractivity contribution is 7.84. The molecule has 4 rings (SSSR count). The molecule has 4 nitrogen and oxygen atoms in total. The molecule has 0 heterocycles. The monoisotopic (exact) mass is 697 g/mol. The van der Waals surface area contributed by atoms with E-state index in [1.807, 2.05) is 7.11 Å². The Labute approximate surface area is 298 Å². The van der Waals surface area contributed by atoms with Crippen LogP contribution >= 0.6 is 7.92 Å². The molecule has 0 saturated heterocycles. The Bertz CT molecular complexity index is 1330. The standard InChI is InChI=1S/C42H68NO3PS/c1-29(2)46-36-26-20-25-33(39(36)47(31-21-16-14-17-22-31)32-23-18-15-19-24-32)37(43(12)48(44)42(9,10)11)30-27-34(40(3,4)5)38(45-13)35(28-30)41(6,7)8/h20,25-29,31-32,37H,14-19,21-24H2,1-13H3/t37-,48+/m0/s1. The van der Waals surface area contributed by atoms with Crippen LogP contribution in [0.25, 0.3) is 0 Å². The average Bonchev–Trinajstić information content (AvgIpc) is 3.01. The van der Waals surface area contributed by atoms with Gasteiger partial charge in [-0.05, 0) is 112 Å². The lowest BCUT2D eigenvalue weighted by Crippen LogP contribution is -2.40. The van der Waals surface area contributed by atoms with Crippen molar-refractivity contribution in [3.8, 4) is 11.5 Å². The first-order valence-electron chi connectivity index (χ1n) is 18.8. The lowest BCUT2D eigenvalue weighted by atomic mass is 9.77. The average molecular weight is 698 g/mol. The van der Waals surface area contributed by atoms with E-state index in [2.05, 4.69) is 118 Å². The van der Waals surface area contributed by atoms with Gasteiger partial charge in [-0.3, -0.25) is 0 Å². The van der Waals surface area contributed by atoms with Crippen LogP contribution in [0.2, 0.25) is 0 Å². The Morgan fingerprint density at radius 1 is 0.792 bits per heavy atom. The van der Waals surface area contributed by atoms with Crippen LogP contribution in [0.1, 0.15) is 169 Å². The fourth-order valence-electron chi connectivity index (χ4n) is 8.02. The summed E-state index contributed by atoms with van der Waals surface area (Å²) in [6, 6.07) is 11.3. The largest absolute Gasteiger partial charge is 0.496 e. The molecule has 6 heteroatoms. The van der Waals surface area contributed by atoms with Gasteiger partial charge in [0.1, 0.15) is 22.5 Å². The summed E-state index contributed by atoms with van der Waals surface area (Å²) in [6.07, 6.45) is 13.4. The number of methoxy groups -OCH3 is 1. The molecule has 2 aliphatic rings. The van der Waals surface area contributed by atoms with E-state index in [1.165, 1.54) is 91.8 Å². The van der Waals surface area contributed by atoms with Crippen LogP contribution < -0.4 is 14.8 Å². The van der Waals surface area contributed by atoms with Crippen molar-refractivity contribution < 1.29 is 13.7 Å². The Morgan fingerprint density at radius 3 is 1.67 bits per heavy atom. The van der Waals surface area contributed by atoms with Gasteiger partial charge >= 0.3 is 0 Å². The van der Waals surface area contributed by atoms with Crippen molar-refractivity contribution in [1.82, 2.24) is 4.31 Å². The molecule has 2 aromatic rings. The Kier molecular flexibility index (Phi) is 13.0. The first kappa shape index (κ1) is 39.4. The summed E-state index contributed by atoms with van der Waals surface area (Å²) in [6.45, 7) is 24.3. The summed E-state index contributed by atoms with van der Waals surface area (Å²) in [5.74, 6) is 2.03. The molecular formula is C42H68NO3PS. The molecule has 0 aliphatic heterocycles. The molecule has 2 atom stereocenters. The molecule has 0 unspecified atom stereocenters. The van der Waals surface area contributed by atoms with Crippen molar-refractivity contribution in [3.63, 3.8) is 0 Å². The topological polar surface area (TPSA) is 38.8 Å².